The van der Waals surface area contributed by atoms with Crippen molar-refractivity contribution in [1.82, 2.24) is 9.97 Å². The van der Waals surface area contributed by atoms with Crippen LogP contribution in [0.25, 0.3) is 0 Å². The van der Waals surface area contributed by atoms with Crippen molar-refractivity contribution in [3.05, 3.63) is 70.2 Å². The molecular formula is C17H14FN3O2S. The van der Waals surface area contributed by atoms with E-state index in [2.05, 4.69) is 15.3 Å². The Morgan fingerprint density at radius 3 is 2.71 bits per heavy atom. The molecule has 0 radical (unpaired) electrons. The van der Waals surface area contributed by atoms with Gasteiger partial charge in [-0.25, -0.2) is 9.37 Å². The van der Waals surface area contributed by atoms with Gasteiger partial charge in [-0.1, -0.05) is 12.1 Å². The third-order valence-electron chi connectivity index (χ3n) is 3.40. The molecule has 122 valence electrons. The van der Waals surface area contributed by atoms with Crippen molar-refractivity contribution in [1.29, 1.82) is 0 Å². The molecule has 3 aromatic rings. The lowest BCUT2D eigenvalue weighted by Gasteiger charge is -1.99. The lowest BCUT2D eigenvalue weighted by atomic mass is 10.1. The molecule has 2 N–H and O–H groups in total. The van der Waals surface area contributed by atoms with Crippen molar-refractivity contribution in [2.24, 2.45) is 0 Å². The second-order valence-electron chi connectivity index (χ2n) is 5.25. The molecular weight excluding hydrogens is 329 g/mol. The maximum atomic E-state index is 12.9. The number of thiazole rings is 1. The number of nitrogens with one attached hydrogen (secondary N) is 2. The smallest absolute Gasteiger partial charge is 0.273 e. The lowest BCUT2D eigenvalue weighted by molar-refractivity contribution is 0.101. The van der Waals surface area contributed by atoms with Crippen LogP contribution in [0, 0.1) is 5.82 Å². The molecule has 1 aromatic carbocycles. The number of ketones is 1. The highest BCUT2D eigenvalue weighted by molar-refractivity contribution is 7.15. The van der Waals surface area contributed by atoms with Crippen LogP contribution in [0.3, 0.4) is 0 Å². The fourth-order valence-corrected chi connectivity index (χ4v) is 2.99. The van der Waals surface area contributed by atoms with E-state index in [0.717, 1.165) is 10.4 Å². The van der Waals surface area contributed by atoms with Gasteiger partial charge < -0.3 is 4.98 Å². The summed E-state index contributed by atoms with van der Waals surface area (Å²) in [6.07, 6.45) is 3.79. The molecule has 5 nitrogen and oxygen atoms in total. The second-order valence-corrected chi connectivity index (χ2v) is 6.36. The van der Waals surface area contributed by atoms with Gasteiger partial charge in [0, 0.05) is 29.3 Å². The fraction of sp³-hybridized carbons (Fsp3) is 0.118. The average molecular weight is 343 g/mol. The van der Waals surface area contributed by atoms with Crippen molar-refractivity contribution in [2.45, 2.75) is 13.3 Å². The number of nitrogens with zero attached hydrogens (tertiary/aromatic N) is 1. The van der Waals surface area contributed by atoms with Gasteiger partial charge in [0.1, 0.15) is 11.5 Å². The highest BCUT2D eigenvalue weighted by atomic mass is 32.1. The number of Topliss-reactive ketones (excluding diaryl/α,β-unsaturated/α-hetero) is 1. The van der Waals surface area contributed by atoms with Crippen LogP contribution >= 0.6 is 11.3 Å². The van der Waals surface area contributed by atoms with Crippen LogP contribution in [0.2, 0.25) is 0 Å². The van der Waals surface area contributed by atoms with Gasteiger partial charge in [-0.2, -0.15) is 0 Å². The van der Waals surface area contributed by atoms with Gasteiger partial charge in [-0.3, -0.25) is 14.9 Å². The first kappa shape index (κ1) is 16.1. The van der Waals surface area contributed by atoms with Crippen LogP contribution < -0.4 is 5.32 Å². The number of hydrogen-bond acceptors (Lipinski definition) is 4. The molecule has 2 aromatic heterocycles. The first-order valence-electron chi connectivity index (χ1n) is 7.21. The molecule has 0 fully saturated rings. The van der Waals surface area contributed by atoms with Crippen LogP contribution in [-0.2, 0) is 6.42 Å². The summed E-state index contributed by atoms with van der Waals surface area (Å²) in [7, 11) is 0. The Labute approximate surface area is 141 Å². The Bertz CT molecular complexity index is 883. The fourth-order valence-electron chi connectivity index (χ4n) is 2.14. The molecule has 0 saturated carbocycles. The van der Waals surface area contributed by atoms with E-state index in [1.54, 1.807) is 18.3 Å². The van der Waals surface area contributed by atoms with E-state index in [-0.39, 0.29) is 17.5 Å². The summed E-state index contributed by atoms with van der Waals surface area (Å²) in [4.78, 5) is 31.3. The summed E-state index contributed by atoms with van der Waals surface area (Å²) in [6, 6.07) is 7.77. The predicted molar refractivity (Wildman–Crippen MR) is 90.1 cm³/mol. The van der Waals surface area contributed by atoms with Crippen molar-refractivity contribution in [2.75, 3.05) is 5.32 Å². The Morgan fingerprint density at radius 2 is 2.04 bits per heavy atom. The number of anilines is 1. The van der Waals surface area contributed by atoms with Crippen LogP contribution in [0.1, 0.15) is 38.2 Å². The molecule has 24 heavy (non-hydrogen) atoms. The number of H-pyrrole nitrogens is 1. The number of hydrogen-bond donors (Lipinski definition) is 2. The third kappa shape index (κ3) is 3.75. The van der Waals surface area contributed by atoms with Gasteiger partial charge >= 0.3 is 0 Å². The Hall–Kier alpha value is -2.80. The standard InChI is InChI=1S/C17H14FN3O2S/c1-10(22)12-7-15(19-8-12)16(23)21-17-20-9-14(24-17)6-11-2-4-13(18)5-3-11/h2-5,7-9,19H,6H2,1H3,(H,20,21,23). The van der Waals surface area contributed by atoms with Crippen molar-refractivity contribution < 1.29 is 14.0 Å². The van der Waals surface area contributed by atoms with Crippen molar-refractivity contribution in [3.63, 3.8) is 0 Å². The number of benzene rings is 1. The van der Waals surface area contributed by atoms with E-state index in [0.29, 0.717) is 22.8 Å². The minimum absolute atomic E-state index is 0.110. The Morgan fingerprint density at radius 1 is 1.29 bits per heavy atom. The number of aromatic nitrogens is 2. The number of rotatable bonds is 5. The van der Waals surface area contributed by atoms with E-state index < -0.39 is 0 Å². The maximum absolute atomic E-state index is 12.9. The van der Waals surface area contributed by atoms with Gasteiger partial charge in [-0.05, 0) is 30.7 Å². The van der Waals surface area contributed by atoms with Crippen LogP contribution in [0.4, 0.5) is 9.52 Å². The number of carbonyl (C=O) groups is 2. The minimum atomic E-state index is -0.356. The average Bonchev–Trinajstić information content (AvgIpc) is 3.19. The monoisotopic (exact) mass is 343 g/mol. The van der Waals surface area contributed by atoms with Crippen LogP contribution in [-0.4, -0.2) is 21.7 Å². The highest BCUT2D eigenvalue weighted by Crippen LogP contribution is 2.22. The molecule has 0 saturated heterocycles. The second kappa shape index (κ2) is 6.76. The molecule has 0 bridgehead atoms. The molecule has 0 aliphatic heterocycles. The lowest BCUT2D eigenvalue weighted by Crippen LogP contribution is -2.11. The van der Waals surface area contributed by atoms with Gasteiger partial charge in [0.05, 0.1) is 0 Å². The van der Waals surface area contributed by atoms with Crippen LogP contribution in [0.15, 0.2) is 42.7 Å². The summed E-state index contributed by atoms with van der Waals surface area (Å²) < 4.78 is 12.9. The molecule has 1 amide bonds. The maximum Gasteiger partial charge on any atom is 0.273 e. The predicted octanol–water partition coefficient (Wildman–Crippen LogP) is 3.66. The van der Waals surface area contributed by atoms with E-state index in [1.807, 2.05) is 0 Å². The molecule has 2 heterocycles. The number of carbonyl (C=O) groups excluding carboxylic acids is 2. The highest BCUT2D eigenvalue weighted by Gasteiger charge is 2.13. The Balaban J connectivity index is 1.65. The van der Waals surface area contributed by atoms with Gasteiger partial charge in [0.15, 0.2) is 10.9 Å². The molecule has 0 aliphatic carbocycles. The summed E-state index contributed by atoms with van der Waals surface area (Å²) in [6.45, 7) is 1.44. The SMILES string of the molecule is CC(=O)c1c[nH]c(C(=O)Nc2ncc(Cc3ccc(F)cc3)s2)c1. The van der Waals surface area contributed by atoms with E-state index in [1.165, 1.54) is 42.7 Å². The summed E-state index contributed by atoms with van der Waals surface area (Å²) >= 11 is 1.35. The summed E-state index contributed by atoms with van der Waals surface area (Å²) in [5, 5.41) is 3.16. The van der Waals surface area contributed by atoms with E-state index in [4.69, 9.17) is 0 Å². The van der Waals surface area contributed by atoms with Crippen molar-refractivity contribution in [3.8, 4) is 0 Å². The van der Waals surface area contributed by atoms with E-state index in [9.17, 15) is 14.0 Å². The molecule has 0 aliphatic rings. The molecule has 3 rings (SSSR count). The largest absolute Gasteiger partial charge is 0.356 e. The van der Waals surface area contributed by atoms with Gasteiger partial charge in [0.25, 0.3) is 5.91 Å². The third-order valence-corrected chi connectivity index (χ3v) is 4.31. The summed E-state index contributed by atoms with van der Waals surface area (Å²) in [5.41, 5.74) is 1.72. The van der Waals surface area contributed by atoms with E-state index >= 15 is 0 Å². The number of halogens is 1. The first-order valence-corrected chi connectivity index (χ1v) is 8.03. The molecule has 0 atom stereocenters. The minimum Gasteiger partial charge on any atom is -0.356 e. The zero-order chi connectivity index (χ0) is 17.1. The zero-order valence-electron chi connectivity index (χ0n) is 12.8. The number of amides is 1. The van der Waals surface area contributed by atoms with Crippen LogP contribution in [0.5, 0.6) is 0 Å². The Kier molecular flexibility index (Phi) is 4.52. The quantitative estimate of drug-likeness (QED) is 0.694. The molecule has 0 spiro atoms. The van der Waals surface area contributed by atoms with Gasteiger partial charge in [-0.15, -0.1) is 11.3 Å². The normalized spacial score (nSPS) is 10.6. The van der Waals surface area contributed by atoms with Crippen molar-refractivity contribution >= 4 is 28.2 Å². The molecule has 7 heteroatoms. The number of aromatic amines is 1. The topological polar surface area (TPSA) is 74.8 Å². The van der Waals surface area contributed by atoms with Gasteiger partial charge in [0.2, 0.25) is 0 Å². The zero-order valence-corrected chi connectivity index (χ0v) is 13.6. The summed E-state index contributed by atoms with van der Waals surface area (Å²) in [5.74, 6) is -0.738. The first-order chi connectivity index (χ1) is 11.5. The molecule has 0 unspecified atom stereocenters.